The van der Waals surface area contributed by atoms with Crippen molar-refractivity contribution in [2.75, 3.05) is 6.61 Å². The molecule has 1 aromatic rings. The van der Waals surface area contributed by atoms with Gasteiger partial charge in [0.25, 0.3) is 0 Å². The van der Waals surface area contributed by atoms with Crippen LogP contribution in [0.1, 0.15) is 38.3 Å². The summed E-state index contributed by atoms with van der Waals surface area (Å²) in [6, 6.07) is 2.13. The first kappa shape index (κ1) is 18.8. The monoisotopic (exact) mass is 460 g/mol. The van der Waals surface area contributed by atoms with Gasteiger partial charge in [0.05, 0.1) is 22.7 Å². The van der Waals surface area contributed by atoms with Crippen LogP contribution in [0.15, 0.2) is 32.3 Å². The van der Waals surface area contributed by atoms with E-state index >= 15 is 0 Å². The second-order valence-corrected chi connectivity index (χ2v) is 6.99. The Morgan fingerprint density at radius 2 is 2.04 bits per heavy atom. The number of hydrogen-bond donors (Lipinski definition) is 3. The highest BCUT2D eigenvalue weighted by Crippen LogP contribution is 2.39. The first-order valence-electron chi connectivity index (χ1n) is 7.54. The van der Waals surface area contributed by atoms with E-state index in [0.29, 0.717) is 32.2 Å². The quantitative estimate of drug-likeness (QED) is 0.580. The van der Waals surface area contributed by atoms with Crippen LogP contribution in [-0.2, 0) is 9.53 Å². The van der Waals surface area contributed by atoms with Gasteiger partial charge >= 0.3 is 12.0 Å². The van der Waals surface area contributed by atoms with Gasteiger partial charge in [-0.05, 0) is 41.4 Å². The van der Waals surface area contributed by atoms with Gasteiger partial charge in [-0.2, -0.15) is 0 Å². The fraction of sp³-hybridized carbons (Fsp3) is 0.375. The Hall–Kier alpha value is -1.54. The van der Waals surface area contributed by atoms with E-state index in [1.165, 1.54) is 0 Å². The Labute approximate surface area is 156 Å². The molecule has 0 spiro atoms. The number of benzene rings is 1. The van der Waals surface area contributed by atoms with Gasteiger partial charge in [0, 0.05) is 15.7 Å². The highest BCUT2D eigenvalue weighted by molar-refractivity contribution is 9.11. The number of amides is 2. The van der Waals surface area contributed by atoms with Gasteiger partial charge in [0.15, 0.2) is 0 Å². The molecule has 0 radical (unpaired) electrons. The molecule has 0 bridgehead atoms. The summed E-state index contributed by atoms with van der Waals surface area (Å²) in [6.45, 7) is 3.89. The van der Waals surface area contributed by atoms with Crippen LogP contribution in [0.3, 0.4) is 0 Å². The van der Waals surface area contributed by atoms with Gasteiger partial charge in [0.2, 0.25) is 0 Å². The molecular weight excluding hydrogens is 444 g/mol. The van der Waals surface area contributed by atoms with E-state index in [-0.39, 0.29) is 12.4 Å². The molecule has 130 valence electrons. The number of aromatic hydroxyl groups is 1. The van der Waals surface area contributed by atoms with E-state index in [1.54, 1.807) is 19.1 Å². The molecule has 6 nitrogen and oxygen atoms in total. The SMILES string of the molecule is CCCC1=C(C(=O)OCC)C(c2cc(Br)cc(Br)c2O)NC(=O)N1. The predicted octanol–water partition coefficient (Wildman–Crippen LogP) is 3.89. The molecule has 0 saturated heterocycles. The molecule has 0 saturated carbocycles. The van der Waals surface area contributed by atoms with Crippen molar-refractivity contribution in [2.24, 2.45) is 0 Å². The van der Waals surface area contributed by atoms with Crippen LogP contribution in [0.4, 0.5) is 4.79 Å². The van der Waals surface area contributed by atoms with Crippen LogP contribution in [0.2, 0.25) is 0 Å². The molecule has 1 unspecified atom stereocenters. The second kappa shape index (κ2) is 8.02. The van der Waals surface area contributed by atoms with Gasteiger partial charge in [-0.15, -0.1) is 0 Å². The third-order valence-corrected chi connectivity index (χ3v) is 4.58. The molecule has 1 heterocycles. The van der Waals surface area contributed by atoms with E-state index in [0.717, 1.165) is 6.42 Å². The molecule has 8 heteroatoms. The van der Waals surface area contributed by atoms with E-state index in [9.17, 15) is 14.7 Å². The summed E-state index contributed by atoms with van der Waals surface area (Å²) in [6.07, 6.45) is 1.27. The summed E-state index contributed by atoms with van der Waals surface area (Å²) in [7, 11) is 0. The summed E-state index contributed by atoms with van der Waals surface area (Å²) in [4.78, 5) is 24.5. The summed E-state index contributed by atoms with van der Waals surface area (Å²) in [5, 5.41) is 15.8. The molecule has 2 amide bonds. The zero-order valence-electron chi connectivity index (χ0n) is 13.3. The standard InChI is InChI=1S/C16H18Br2N2O4/c1-3-5-11-12(15(22)24-4-2)13(20-16(23)19-11)9-6-8(17)7-10(18)14(9)21/h6-7,13,21H,3-5H2,1-2H3,(H2,19,20,23). The van der Waals surface area contributed by atoms with Crippen LogP contribution < -0.4 is 10.6 Å². The van der Waals surface area contributed by atoms with Gasteiger partial charge in [0.1, 0.15) is 5.75 Å². The number of phenolic OH excluding ortho intramolecular Hbond substituents is 1. The smallest absolute Gasteiger partial charge is 0.338 e. The fourth-order valence-corrected chi connectivity index (χ4v) is 3.81. The normalized spacial score (nSPS) is 17.3. The van der Waals surface area contributed by atoms with Gasteiger partial charge in [-0.1, -0.05) is 29.3 Å². The van der Waals surface area contributed by atoms with Crippen LogP contribution in [0.25, 0.3) is 0 Å². The van der Waals surface area contributed by atoms with Crippen LogP contribution in [0, 0.1) is 0 Å². The van der Waals surface area contributed by atoms with Crippen molar-refractivity contribution in [1.82, 2.24) is 10.6 Å². The Bertz CT molecular complexity index is 704. The average molecular weight is 462 g/mol. The van der Waals surface area contributed by atoms with Gasteiger partial charge in [-0.25, -0.2) is 9.59 Å². The third kappa shape index (κ3) is 3.92. The van der Waals surface area contributed by atoms with Crippen molar-refractivity contribution >= 4 is 43.9 Å². The number of hydrogen-bond acceptors (Lipinski definition) is 4. The minimum atomic E-state index is -0.798. The Balaban J connectivity index is 2.62. The summed E-state index contributed by atoms with van der Waals surface area (Å²) in [5.41, 5.74) is 1.22. The summed E-state index contributed by atoms with van der Waals surface area (Å²) in [5.74, 6) is -0.558. The molecule has 1 aliphatic rings. The maximum absolute atomic E-state index is 12.5. The lowest BCUT2D eigenvalue weighted by molar-refractivity contribution is -0.139. The topological polar surface area (TPSA) is 87.7 Å². The van der Waals surface area contributed by atoms with E-state index in [2.05, 4.69) is 42.5 Å². The zero-order valence-corrected chi connectivity index (χ0v) is 16.5. The van der Waals surface area contributed by atoms with Crippen molar-refractivity contribution in [3.8, 4) is 5.75 Å². The molecule has 3 N–H and O–H groups in total. The number of carbonyl (C=O) groups excluding carboxylic acids is 2. The molecule has 0 aliphatic carbocycles. The number of rotatable bonds is 5. The Kier molecular flexibility index (Phi) is 6.28. The largest absolute Gasteiger partial charge is 0.506 e. The number of allylic oxidation sites excluding steroid dienone is 1. The maximum Gasteiger partial charge on any atom is 0.338 e. The average Bonchev–Trinajstić information content (AvgIpc) is 2.50. The van der Waals surface area contributed by atoms with Crippen molar-refractivity contribution in [2.45, 2.75) is 32.7 Å². The Morgan fingerprint density at radius 1 is 1.33 bits per heavy atom. The minimum Gasteiger partial charge on any atom is -0.506 e. The lowest BCUT2D eigenvalue weighted by atomic mass is 9.93. The number of halogens is 2. The number of nitrogens with one attached hydrogen (secondary N) is 2. The summed E-state index contributed by atoms with van der Waals surface area (Å²) >= 11 is 6.63. The molecule has 0 aromatic heterocycles. The zero-order chi connectivity index (χ0) is 17.9. The molecule has 1 aromatic carbocycles. The van der Waals surface area contributed by atoms with Crippen LogP contribution in [0.5, 0.6) is 5.75 Å². The highest BCUT2D eigenvalue weighted by atomic mass is 79.9. The van der Waals surface area contributed by atoms with Crippen molar-refractivity contribution < 1.29 is 19.4 Å². The molecule has 24 heavy (non-hydrogen) atoms. The highest BCUT2D eigenvalue weighted by Gasteiger charge is 2.35. The minimum absolute atomic E-state index is 0.0388. The first-order valence-corrected chi connectivity index (χ1v) is 9.13. The molecule has 1 atom stereocenters. The second-order valence-electron chi connectivity index (χ2n) is 5.22. The maximum atomic E-state index is 12.5. The van der Waals surface area contributed by atoms with Gasteiger partial charge < -0.3 is 20.5 Å². The molecular formula is C16H18Br2N2O4. The van der Waals surface area contributed by atoms with E-state index < -0.39 is 18.0 Å². The predicted molar refractivity (Wildman–Crippen MR) is 96.5 cm³/mol. The number of ether oxygens (including phenoxy) is 1. The van der Waals surface area contributed by atoms with Crippen LogP contribution >= 0.6 is 31.9 Å². The van der Waals surface area contributed by atoms with Gasteiger partial charge in [-0.3, -0.25) is 0 Å². The number of carbonyl (C=O) groups is 2. The van der Waals surface area contributed by atoms with Crippen LogP contribution in [-0.4, -0.2) is 23.7 Å². The lowest BCUT2D eigenvalue weighted by Crippen LogP contribution is -2.46. The number of esters is 1. The van der Waals surface area contributed by atoms with Crippen molar-refractivity contribution in [1.29, 1.82) is 0 Å². The van der Waals surface area contributed by atoms with Crippen molar-refractivity contribution in [3.63, 3.8) is 0 Å². The Morgan fingerprint density at radius 3 is 2.67 bits per heavy atom. The molecule has 0 fully saturated rings. The van der Waals surface area contributed by atoms with E-state index in [4.69, 9.17) is 4.74 Å². The van der Waals surface area contributed by atoms with Crippen molar-refractivity contribution in [3.05, 3.63) is 37.9 Å². The lowest BCUT2D eigenvalue weighted by Gasteiger charge is -2.30. The summed E-state index contributed by atoms with van der Waals surface area (Å²) < 4.78 is 6.31. The molecule has 2 rings (SSSR count). The molecule has 1 aliphatic heterocycles. The first-order chi connectivity index (χ1) is 11.4. The van der Waals surface area contributed by atoms with E-state index in [1.807, 2.05) is 6.92 Å². The fourth-order valence-electron chi connectivity index (χ4n) is 2.55. The number of phenols is 1. The third-order valence-electron chi connectivity index (χ3n) is 3.52. The number of urea groups is 1.